The van der Waals surface area contributed by atoms with Crippen LogP contribution in [-0.4, -0.2) is 0 Å². The Labute approximate surface area is 132 Å². The van der Waals surface area contributed by atoms with Crippen LogP contribution in [0.5, 0.6) is 0 Å². The molecule has 92 valence electrons. The largest absolute Gasteiger partial charge is 0.184 e. The van der Waals surface area contributed by atoms with E-state index < -0.39 is 0 Å². The summed E-state index contributed by atoms with van der Waals surface area (Å²) < 4.78 is 0. The molecule has 0 spiro atoms. The van der Waals surface area contributed by atoms with Gasteiger partial charge in [0.05, 0.1) is 0 Å². The van der Waals surface area contributed by atoms with Crippen LogP contribution in [-0.2, 0) is 21.7 Å². The zero-order valence-corrected chi connectivity index (χ0v) is 13.2. The van der Waals surface area contributed by atoms with E-state index in [-0.39, 0.29) is 58.9 Å². The van der Waals surface area contributed by atoms with Gasteiger partial charge in [-0.1, -0.05) is 19.3 Å². The zero-order valence-electron chi connectivity index (χ0n) is 9.15. The van der Waals surface area contributed by atoms with Crippen molar-refractivity contribution in [1.82, 2.24) is 0 Å². The molecule has 0 amide bonds. The van der Waals surface area contributed by atoms with Crippen LogP contribution in [0.15, 0.2) is 24.3 Å². The van der Waals surface area contributed by atoms with Gasteiger partial charge in [-0.25, -0.2) is 0 Å². The van der Waals surface area contributed by atoms with Crippen molar-refractivity contribution in [2.45, 2.75) is 38.0 Å². The molecule has 0 heterocycles. The maximum absolute atomic E-state index is 3.07. The summed E-state index contributed by atoms with van der Waals surface area (Å²) in [6.45, 7) is 0. The molecule has 1 saturated carbocycles. The van der Waals surface area contributed by atoms with Crippen molar-refractivity contribution in [3.63, 3.8) is 0 Å². The van der Waals surface area contributed by atoms with Gasteiger partial charge in [0.2, 0.25) is 0 Å². The standard InChI is InChI=1S/C12H15.3ClH.Ti/c1-3-7-11(8-4-1)12-9-5-2-6-10-12;;;;/h5-6,9-11H,1,3-4,7-8H2;3*1H;/q-1;;;;. The van der Waals surface area contributed by atoms with Crippen molar-refractivity contribution in [3.8, 4) is 0 Å². The molecule has 1 fully saturated rings. The molecule has 1 aliphatic carbocycles. The van der Waals surface area contributed by atoms with Crippen LogP contribution in [0.2, 0.25) is 0 Å². The molecule has 1 aromatic carbocycles. The van der Waals surface area contributed by atoms with Gasteiger partial charge < -0.3 is 0 Å². The Kier molecular flexibility index (Phi) is 16.9. The van der Waals surface area contributed by atoms with E-state index in [1.54, 1.807) is 0 Å². The van der Waals surface area contributed by atoms with Crippen LogP contribution in [0.25, 0.3) is 0 Å². The molecular weight excluding hydrogens is 298 g/mol. The maximum Gasteiger partial charge on any atom is 0 e. The quantitative estimate of drug-likeness (QED) is 0.516. The summed E-state index contributed by atoms with van der Waals surface area (Å²) >= 11 is 0. The normalized spacial score (nSPS) is 14.5. The van der Waals surface area contributed by atoms with E-state index in [9.17, 15) is 0 Å². The van der Waals surface area contributed by atoms with Crippen molar-refractivity contribution in [3.05, 3.63) is 35.9 Å². The fourth-order valence-electron chi connectivity index (χ4n) is 2.11. The second-order valence-corrected chi connectivity index (χ2v) is 3.67. The number of benzene rings is 1. The summed E-state index contributed by atoms with van der Waals surface area (Å²) in [4.78, 5) is 0. The smallest absolute Gasteiger partial charge is 0 e. The van der Waals surface area contributed by atoms with Gasteiger partial charge in [-0.3, -0.25) is 0 Å². The minimum atomic E-state index is 0. The molecule has 4 heteroatoms. The summed E-state index contributed by atoms with van der Waals surface area (Å²) in [5, 5.41) is 0. The number of halogens is 3. The molecule has 1 aromatic rings. The van der Waals surface area contributed by atoms with E-state index in [1.165, 1.54) is 37.7 Å². The SMILES string of the molecule is Cl.Cl.Cl.[Ti].[c-]1ccc(C2CCCCC2)cc1. The predicted octanol–water partition coefficient (Wildman–Crippen LogP) is 4.80. The third-order valence-electron chi connectivity index (χ3n) is 2.82. The van der Waals surface area contributed by atoms with Gasteiger partial charge >= 0.3 is 0 Å². The van der Waals surface area contributed by atoms with Crippen LogP contribution in [0.1, 0.15) is 43.6 Å². The monoisotopic (exact) mass is 315 g/mol. The van der Waals surface area contributed by atoms with Gasteiger partial charge in [0.25, 0.3) is 0 Å². The van der Waals surface area contributed by atoms with E-state index in [0.29, 0.717) is 0 Å². The molecule has 0 saturated heterocycles. The van der Waals surface area contributed by atoms with Crippen LogP contribution < -0.4 is 0 Å². The Balaban J connectivity index is -0.000000422. The first-order valence-corrected chi connectivity index (χ1v) is 4.93. The van der Waals surface area contributed by atoms with E-state index in [1.807, 2.05) is 12.1 Å². The minimum absolute atomic E-state index is 0. The van der Waals surface area contributed by atoms with Crippen molar-refractivity contribution in [1.29, 1.82) is 0 Å². The van der Waals surface area contributed by atoms with Crippen molar-refractivity contribution in [2.24, 2.45) is 0 Å². The molecular formula is C12H18Cl3Ti-. The Morgan fingerprint density at radius 2 is 1.38 bits per heavy atom. The van der Waals surface area contributed by atoms with Crippen LogP contribution in [0.4, 0.5) is 0 Å². The fourth-order valence-corrected chi connectivity index (χ4v) is 2.11. The van der Waals surface area contributed by atoms with Gasteiger partial charge in [-0.2, -0.15) is 35.9 Å². The first-order valence-electron chi connectivity index (χ1n) is 4.93. The topological polar surface area (TPSA) is 0 Å². The fraction of sp³-hybridized carbons (Fsp3) is 0.500. The van der Waals surface area contributed by atoms with E-state index in [2.05, 4.69) is 18.2 Å². The first-order chi connectivity index (χ1) is 5.97. The average molecular weight is 317 g/mol. The Morgan fingerprint density at radius 3 is 1.88 bits per heavy atom. The second-order valence-electron chi connectivity index (χ2n) is 3.67. The average Bonchev–Trinajstić information content (AvgIpc) is 2.21. The molecule has 0 atom stereocenters. The van der Waals surface area contributed by atoms with Crippen molar-refractivity contribution in [2.75, 3.05) is 0 Å². The van der Waals surface area contributed by atoms with Gasteiger partial charge in [0.1, 0.15) is 0 Å². The molecule has 16 heavy (non-hydrogen) atoms. The van der Waals surface area contributed by atoms with Crippen LogP contribution in [0, 0.1) is 6.07 Å². The first kappa shape index (κ1) is 22.0. The van der Waals surface area contributed by atoms with Crippen LogP contribution >= 0.6 is 37.2 Å². The van der Waals surface area contributed by atoms with E-state index in [0.717, 1.165) is 5.92 Å². The van der Waals surface area contributed by atoms with Gasteiger partial charge in [-0.05, 0) is 18.8 Å². The molecule has 0 nitrogen and oxygen atoms in total. The predicted molar refractivity (Wildman–Crippen MR) is 72.8 cm³/mol. The summed E-state index contributed by atoms with van der Waals surface area (Å²) in [7, 11) is 0. The Bertz CT molecular complexity index is 235. The summed E-state index contributed by atoms with van der Waals surface area (Å²) in [5.41, 5.74) is 1.52. The van der Waals surface area contributed by atoms with Gasteiger partial charge in [0, 0.05) is 21.7 Å². The number of hydrogen-bond acceptors (Lipinski definition) is 0. The van der Waals surface area contributed by atoms with Crippen molar-refractivity contribution >= 4 is 37.2 Å². The van der Waals surface area contributed by atoms with E-state index >= 15 is 0 Å². The van der Waals surface area contributed by atoms with Gasteiger partial charge in [0.15, 0.2) is 0 Å². The molecule has 0 bridgehead atoms. The minimum Gasteiger partial charge on any atom is -0.184 e. The Hall–Kier alpha value is 0.804. The third-order valence-corrected chi connectivity index (χ3v) is 2.82. The second kappa shape index (κ2) is 12.3. The summed E-state index contributed by atoms with van der Waals surface area (Å²) in [5.74, 6) is 0.841. The van der Waals surface area contributed by atoms with E-state index in [4.69, 9.17) is 0 Å². The molecule has 0 N–H and O–H groups in total. The molecule has 0 radical (unpaired) electrons. The Morgan fingerprint density at radius 1 is 0.875 bits per heavy atom. The number of hydrogen-bond donors (Lipinski definition) is 0. The number of rotatable bonds is 1. The van der Waals surface area contributed by atoms with Gasteiger partial charge in [-0.15, -0.1) is 37.2 Å². The maximum atomic E-state index is 3.07. The molecule has 0 aliphatic heterocycles. The zero-order chi connectivity index (χ0) is 8.23. The third kappa shape index (κ3) is 6.52. The van der Waals surface area contributed by atoms with Crippen LogP contribution in [0.3, 0.4) is 0 Å². The summed E-state index contributed by atoms with van der Waals surface area (Å²) in [6, 6.07) is 11.6. The molecule has 1 aliphatic rings. The molecule has 0 unspecified atom stereocenters. The molecule has 2 rings (SSSR count). The van der Waals surface area contributed by atoms with Crippen molar-refractivity contribution < 1.29 is 21.7 Å². The molecule has 0 aromatic heterocycles. The summed E-state index contributed by atoms with van der Waals surface area (Å²) in [6.07, 6.45) is 7.07.